The summed E-state index contributed by atoms with van der Waals surface area (Å²) in [5.41, 5.74) is 6.55. The topological polar surface area (TPSA) is 42.7 Å². The molecule has 0 amide bonds. The van der Waals surface area contributed by atoms with Crippen molar-refractivity contribution in [3.05, 3.63) is 90.8 Å². The zero-order valence-corrected chi connectivity index (χ0v) is 16.4. The molecule has 5 rings (SSSR count). The molecular formula is C25H24N4. The molecule has 0 radical (unpaired) electrons. The molecule has 1 atom stereocenters. The van der Waals surface area contributed by atoms with Crippen molar-refractivity contribution in [3.63, 3.8) is 0 Å². The zero-order valence-electron chi connectivity index (χ0n) is 16.4. The van der Waals surface area contributed by atoms with Gasteiger partial charge in [-0.15, -0.1) is 0 Å². The second-order valence-corrected chi connectivity index (χ2v) is 7.61. The molecule has 3 heterocycles. The highest BCUT2D eigenvalue weighted by atomic mass is 15.3. The van der Waals surface area contributed by atoms with Crippen molar-refractivity contribution in [1.29, 1.82) is 0 Å². The van der Waals surface area contributed by atoms with Crippen LogP contribution in [0.5, 0.6) is 0 Å². The van der Waals surface area contributed by atoms with E-state index in [1.54, 1.807) is 0 Å². The van der Waals surface area contributed by atoms with Gasteiger partial charge in [0.25, 0.3) is 0 Å². The number of nitrogens with zero attached hydrogens (tertiary/aromatic N) is 3. The zero-order chi connectivity index (χ0) is 19.6. The molecule has 4 heteroatoms. The Labute approximate surface area is 170 Å². The van der Waals surface area contributed by atoms with Gasteiger partial charge in [0, 0.05) is 29.9 Å². The van der Waals surface area contributed by atoms with Crippen molar-refractivity contribution in [2.24, 2.45) is 0 Å². The molecule has 1 N–H and O–H groups in total. The van der Waals surface area contributed by atoms with Gasteiger partial charge in [0.15, 0.2) is 0 Å². The molecule has 144 valence electrons. The number of piperidine rings is 1. The van der Waals surface area contributed by atoms with Crippen LogP contribution in [0.15, 0.2) is 79.6 Å². The summed E-state index contributed by atoms with van der Waals surface area (Å²) in [7, 11) is 0. The van der Waals surface area contributed by atoms with Crippen molar-refractivity contribution in [2.45, 2.75) is 18.9 Å². The van der Waals surface area contributed by atoms with Gasteiger partial charge in [0.2, 0.25) is 0 Å². The van der Waals surface area contributed by atoms with Crippen LogP contribution in [0.2, 0.25) is 0 Å². The minimum absolute atomic E-state index is 0.388. The van der Waals surface area contributed by atoms with E-state index in [9.17, 15) is 0 Å². The van der Waals surface area contributed by atoms with Crippen LogP contribution in [-0.4, -0.2) is 27.9 Å². The number of nitrogens with one attached hydrogen (secondary N) is 1. The Morgan fingerprint density at radius 1 is 1.00 bits per heavy atom. The molecule has 0 spiro atoms. The summed E-state index contributed by atoms with van der Waals surface area (Å²) in [6.07, 6.45) is 6.12. The third-order valence-electron chi connectivity index (χ3n) is 5.75. The molecule has 0 bridgehead atoms. The van der Waals surface area contributed by atoms with Gasteiger partial charge < -0.3 is 5.32 Å². The lowest BCUT2D eigenvalue weighted by atomic mass is 9.98. The first-order valence-electron chi connectivity index (χ1n) is 10.2. The van der Waals surface area contributed by atoms with Crippen LogP contribution in [0, 0.1) is 0 Å². The number of pyridine rings is 1. The highest BCUT2D eigenvalue weighted by Gasteiger charge is 2.21. The van der Waals surface area contributed by atoms with Crippen molar-refractivity contribution in [2.75, 3.05) is 13.1 Å². The van der Waals surface area contributed by atoms with Crippen molar-refractivity contribution >= 4 is 16.5 Å². The molecule has 2 aromatic carbocycles. The fourth-order valence-corrected chi connectivity index (χ4v) is 4.15. The first-order chi connectivity index (χ1) is 14.3. The van der Waals surface area contributed by atoms with Crippen molar-refractivity contribution in [1.82, 2.24) is 20.1 Å². The number of benzene rings is 2. The van der Waals surface area contributed by atoms with Crippen LogP contribution in [0.3, 0.4) is 0 Å². The van der Waals surface area contributed by atoms with Crippen molar-refractivity contribution < 1.29 is 0 Å². The Morgan fingerprint density at radius 3 is 2.55 bits per heavy atom. The van der Waals surface area contributed by atoms with Crippen LogP contribution in [0.4, 0.5) is 0 Å². The standard InChI is InChI=1S/C25H24N4/c1-18(19-6-3-2-4-7-19)20-9-11-21(12-10-20)25-23-17-27-15-13-24(23)29(28-25)22-8-5-14-26-16-22/h2-4,6-7,9-13,15,17,22,26H,1,5,8,14,16H2. The van der Waals surface area contributed by atoms with E-state index in [0.717, 1.165) is 58.4 Å². The van der Waals surface area contributed by atoms with E-state index in [1.807, 2.05) is 30.6 Å². The summed E-state index contributed by atoms with van der Waals surface area (Å²) in [5.74, 6) is 0. The van der Waals surface area contributed by atoms with E-state index in [4.69, 9.17) is 5.10 Å². The summed E-state index contributed by atoms with van der Waals surface area (Å²) in [6.45, 7) is 6.34. The smallest absolute Gasteiger partial charge is 0.102 e. The summed E-state index contributed by atoms with van der Waals surface area (Å²) < 4.78 is 2.19. The Morgan fingerprint density at radius 2 is 1.79 bits per heavy atom. The molecule has 29 heavy (non-hydrogen) atoms. The Hall–Kier alpha value is -3.24. The lowest BCUT2D eigenvalue weighted by Crippen LogP contribution is -2.32. The van der Waals surface area contributed by atoms with E-state index in [-0.39, 0.29) is 0 Å². The maximum atomic E-state index is 5.03. The van der Waals surface area contributed by atoms with E-state index in [0.29, 0.717) is 6.04 Å². The number of aromatic nitrogens is 3. The van der Waals surface area contributed by atoms with Gasteiger partial charge in [-0.1, -0.05) is 61.2 Å². The minimum atomic E-state index is 0.388. The van der Waals surface area contributed by atoms with E-state index in [1.165, 1.54) is 6.42 Å². The van der Waals surface area contributed by atoms with Crippen LogP contribution < -0.4 is 5.32 Å². The van der Waals surface area contributed by atoms with E-state index >= 15 is 0 Å². The summed E-state index contributed by atoms with van der Waals surface area (Å²) >= 11 is 0. The molecular weight excluding hydrogens is 356 g/mol. The third kappa shape index (κ3) is 3.36. The quantitative estimate of drug-likeness (QED) is 0.537. The molecule has 1 saturated heterocycles. The average Bonchev–Trinajstić information content (AvgIpc) is 3.20. The first kappa shape index (κ1) is 17.8. The molecule has 1 aliphatic rings. The van der Waals surface area contributed by atoms with E-state index in [2.05, 4.69) is 64.0 Å². The second-order valence-electron chi connectivity index (χ2n) is 7.61. The number of rotatable bonds is 4. The molecule has 1 aliphatic heterocycles. The normalized spacial score (nSPS) is 16.8. The van der Waals surface area contributed by atoms with Gasteiger partial charge in [-0.25, -0.2) is 0 Å². The Kier molecular flexibility index (Phi) is 4.70. The van der Waals surface area contributed by atoms with Crippen LogP contribution >= 0.6 is 0 Å². The molecule has 0 aliphatic carbocycles. The lowest BCUT2D eigenvalue weighted by molar-refractivity contribution is 0.355. The third-order valence-corrected chi connectivity index (χ3v) is 5.75. The maximum Gasteiger partial charge on any atom is 0.102 e. The monoisotopic (exact) mass is 380 g/mol. The number of fused-ring (bicyclic) bond motifs is 1. The number of hydrogen-bond acceptors (Lipinski definition) is 3. The van der Waals surface area contributed by atoms with Gasteiger partial charge in [-0.05, 0) is 42.2 Å². The van der Waals surface area contributed by atoms with Gasteiger partial charge in [0.1, 0.15) is 5.69 Å². The van der Waals surface area contributed by atoms with Crippen molar-refractivity contribution in [3.8, 4) is 11.3 Å². The second kappa shape index (κ2) is 7.64. The predicted octanol–water partition coefficient (Wildman–Crippen LogP) is 5.08. The predicted molar refractivity (Wildman–Crippen MR) is 119 cm³/mol. The van der Waals surface area contributed by atoms with Crippen LogP contribution in [-0.2, 0) is 0 Å². The summed E-state index contributed by atoms with van der Waals surface area (Å²) in [5, 5.41) is 9.63. The summed E-state index contributed by atoms with van der Waals surface area (Å²) in [4.78, 5) is 4.36. The molecule has 4 aromatic rings. The first-order valence-corrected chi connectivity index (χ1v) is 10.2. The minimum Gasteiger partial charge on any atom is -0.315 e. The fourth-order valence-electron chi connectivity index (χ4n) is 4.15. The summed E-state index contributed by atoms with van der Waals surface area (Å²) in [6, 6.07) is 21.3. The van der Waals surface area contributed by atoms with Gasteiger partial charge >= 0.3 is 0 Å². The van der Waals surface area contributed by atoms with Gasteiger partial charge in [-0.3, -0.25) is 9.67 Å². The van der Waals surface area contributed by atoms with Crippen LogP contribution in [0.1, 0.15) is 30.0 Å². The largest absolute Gasteiger partial charge is 0.315 e. The molecule has 2 aromatic heterocycles. The molecule has 0 saturated carbocycles. The Bertz CT molecular complexity index is 1140. The molecule has 4 nitrogen and oxygen atoms in total. The molecule has 1 fully saturated rings. The number of hydrogen-bond donors (Lipinski definition) is 1. The maximum absolute atomic E-state index is 5.03. The average molecular weight is 380 g/mol. The van der Waals surface area contributed by atoms with E-state index < -0.39 is 0 Å². The van der Waals surface area contributed by atoms with Crippen LogP contribution in [0.25, 0.3) is 27.7 Å². The SMILES string of the molecule is C=C(c1ccccc1)c1ccc(-c2nn(C3CCCNC3)c3ccncc23)cc1. The van der Waals surface area contributed by atoms with Gasteiger partial charge in [-0.2, -0.15) is 5.10 Å². The Balaban J connectivity index is 1.52. The fraction of sp³-hybridized carbons (Fsp3) is 0.200. The highest BCUT2D eigenvalue weighted by molar-refractivity contribution is 5.93. The lowest BCUT2D eigenvalue weighted by Gasteiger charge is -2.23. The van der Waals surface area contributed by atoms with Gasteiger partial charge in [0.05, 0.1) is 11.6 Å². The highest BCUT2D eigenvalue weighted by Crippen LogP contribution is 2.32. The molecule has 1 unspecified atom stereocenters.